The first-order chi connectivity index (χ1) is 15.9. The molecule has 8 nitrogen and oxygen atoms in total. The topological polar surface area (TPSA) is 101 Å². The average Bonchev–Trinajstić information content (AvgIpc) is 2.99. The number of halogens is 3. The summed E-state index contributed by atoms with van der Waals surface area (Å²) in [6, 6.07) is 5.61. The molecule has 1 fully saturated rings. The lowest BCUT2D eigenvalue weighted by Gasteiger charge is -2.29. The molecule has 184 valence electrons. The van der Waals surface area contributed by atoms with Gasteiger partial charge in [-0.15, -0.1) is 0 Å². The number of ether oxygens (including phenoxy) is 1. The lowest BCUT2D eigenvalue weighted by atomic mass is 10.1. The second-order valence-electron chi connectivity index (χ2n) is 8.35. The van der Waals surface area contributed by atoms with Crippen molar-refractivity contribution in [2.24, 2.45) is 0 Å². The summed E-state index contributed by atoms with van der Waals surface area (Å²) in [6.07, 6.45) is -4.25. The molecule has 1 aromatic carbocycles. The normalized spacial score (nSPS) is 14.9. The van der Waals surface area contributed by atoms with Gasteiger partial charge in [-0.25, -0.2) is 9.78 Å². The molecule has 3 amide bonds. The quantitative estimate of drug-likeness (QED) is 0.610. The van der Waals surface area contributed by atoms with Gasteiger partial charge in [-0.1, -0.05) is 41.2 Å². The highest BCUT2D eigenvalue weighted by Crippen LogP contribution is 2.37. The van der Waals surface area contributed by atoms with Crippen molar-refractivity contribution in [1.82, 2.24) is 15.2 Å². The van der Waals surface area contributed by atoms with Crippen LogP contribution in [-0.4, -0.2) is 59.4 Å². The van der Waals surface area contributed by atoms with E-state index in [9.17, 15) is 27.6 Å². The standard InChI is InChI=1S/C22H25F3N4O4S/c1-13-5-7-14(8-6-13)15(30)16-17(22(23,24)25)26-19(34-16)27-18(31)21(2,3)28-20(32)29-9-4-11-33-12-10-29/h5-8H,4,9-12H2,1-3H3,(H,28,32)(H,26,27,31). The number of nitrogens with one attached hydrogen (secondary N) is 2. The van der Waals surface area contributed by atoms with E-state index < -0.39 is 45.1 Å². The van der Waals surface area contributed by atoms with Crippen molar-refractivity contribution in [2.75, 3.05) is 31.6 Å². The fraction of sp³-hybridized carbons (Fsp3) is 0.455. The predicted octanol–water partition coefficient (Wildman–Crippen LogP) is 3.85. The van der Waals surface area contributed by atoms with Gasteiger partial charge in [-0.3, -0.25) is 14.9 Å². The van der Waals surface area contributed by atoms with Crippen LogP contribution >= 0.6 is 11.3 Å². The van der Waals surface area contributed by atoms with Gasteiger partial charge in [0.2, 0.25) is 5.78 Å². The Kier molecular flexibility index (Phi) is 7.61. The van der Waals surface area contributed by atoms with Gasteiger partial charge in [0.1, 0.15) is 10.4 Å². The molecule has 0 radical (unpaired) electrons. The van der Waals surface area contributed by atoms with E-state index in [-0.39, 0.29) is 5.56 Å². The van der Waals surface area contributed by atoms with Crippen molar-refractivity contribution < 1.29 is 32.3 Å². The number of rotatable bonds is 5. The smallest absolute Gasteiger partial charge is 0.380 e. The third kappa shape index (κ3) is 6.11. The van der Waals surface area contributed by atoms with E-state index >= 15 is 0 Å². The minimum atomic E-state index is -4.90. The number of amides is 3. The number of aromatic nitrogens is 1. The number of nitrogens with zero attached hydrogens (tertiary/aromatic N) is 2. The van der Waals surface area contributed by atoms with Crippen molar-refractivity contribution in [3.8, 4) is 0 Å². The van der Waals surface area contributed by atoms with E-state index in [0.717, 1.165) is 5.56 Å². The zero-order valence-corrected chi connectivity index (χ0v) is 19.7. The largest absolute Gasteiger partial charge is 0.435 e. The van der Waals surface area contributed by atoms with Crippen LogP contribution in [0.4, 0.5) is 23.1 Å². The molecule has 1 aromatic heterocycles. The summed E-state index contributed by atoms with van der Waals surface area (Å²) in [7, 11) is 0. The van der Waals surface area contributed by atoms with Crippen LogP contribution in [0.25, 0.3) is 0 Å². The maximum absolute atomic E-state index is 13.6. The molecule has 3 rings (SSSR count). The van der Waals surface area contributed by atoms with Gasteiger partial charge >= 0.3 is 12.2 Å². The monoisotopic (exact) mass is 498 g/mol. The molecule has 0 saturated carbocycles. The number of benzene rings is 1. The van der Waals surface area contributed by atoms with Crippen molar-refractivity contribution in [2.45, 2.75) is 38.9 Å². The number of anilines is 1. The van der Waals surface area contributed by atoms with Gasteiger partial charge in [-0.2, -0.15) is 13.2 Å². The number of carbonyl (C=O) groups excluding carboxylic acids is 3. The van der Waals surface area contributed by atoms with Crippen LogP contribution in [0.5, 0.6) is 0 Å². The fourth-order valence-corrected chi connectivity index (χ4v) is 4.10. The molecule has 34 heavy (non-hydrogen) atoms. The van der Waals surface area contributed by atoms with Crippen LogP contribution in [0.15, 0.2) is 24.3 Å². The van der Waals surface area contributed by atoms with Crippen LogP contribution in [0, 0.1) is 6.92 Å². The number of ketones is 1. The van der Waals surface area contributed by atoms with Gasteiger partial charge in [-0.05, 0) is 27.2 Å². The Bertz CT molecular complexity index is 1060. The summed E-state index contributed by atoms with van der Waals surface area (Å²) in [6.45, 7) is 6.35. The molecule has 1 saturated heterocycles. The van der Waals surface area contributed by atoms with Crippen molar-refractivity contribution in [3.63, 3.8) is 0 Å². The second-order valence-corrected chi connectivity index (χ2v) is 9.35. The zero-order valence-electron chi connectivity index (χ0n) is 18.9. The molecule has 12 heteroatoms. The lowest BCUT2D eigenvalue weighted by Crippen LogP contribution is -2.56. The Labute approximate surface area is 198 Å². The van der Waals surface area contributed by atoms with E-state index in [4.69, 9.17) is 4.74 Å². The van der Waals surface area contributed by atoms with Gasteiger partial charge in [0, 0.05) is 25.3 Å². The highest BCUT2D eigenvalue weighted by Gasteiger charge is 2.41. The van der Waals surface area contributed by atoms with Crippen LogP contribution in [-0.2, 0) is 15.7 Å². The molecule has 1 aliphatic heterocycles. The summed E-state index contributed by atoms with van der Waals surface area (Å²) in [5.74, 6) is -1.62. The van der Waals surface area contributed by atoms with Gasteiger partial charge < -0.3 is 15.0 Å². The molecule has 0 aliphatic carbocycles. The first-order valence-electron chi connectivity index (χ1n) is 10.5. The molecular formula is C22H25F3N4O4S. The maximum atomic E-state index is 13.6. The number of urea groups is 1. The summed E-state index contributed by atoms with van der Waals surface area (Å²) in [4.78, 5) is 42.5. The molecular weight excluding hydrogens is 473 g/mol. The molecule has 2 aromatic rings. The van der Waals surface area contributed by atoms with Crippen LogP contribution in [0.3, 0.4) is 0 Å². The Morgan fingerprint density at radius 1 is 1.09 bits per heavy atom. The minimum absolute atomic E-state index is 0.0756. The molecule has 2 N–H and O–H groups in total. The van der Waals surface area contributed by atoms with Crippen molar-refractivity contribution >= 4 is 34.2 Å². The number of hydrogen-bond donors (Lipinski definition) is 2. The van der Waals surface area contributed by atoms with Crippen LogP contribution in [0.2, 0.25) is 0 Å². The van der Waals surface area contributed by atoms with E-state index in [2.05, 4.69) is 15.6 Å². The first kappa shape index (κ1) is 25.6. The second kappa shape index (κ2) is 10.1. The van der Waals surface area contributed by atoms with Gasteiger partial charge in [0.15, 0.2) is 10.8 Å². The molecule has 0 spiro atoms. The Balaban J connectivity index is 1.78. The van der Waals surface area contributed by atoms with E-state index in [0.29, 0.717) is 44.1 Å². The first-order valence-corrected chi connectivity index (χ1v) is 11.4. The Morgan fingerprint density at radius 3 is 2.41 bits per heavy atom. The lowest BCUT2D eigenvalue weighted by molar-refractivity contribution is -0.141. The van der Waals surface area contributed by atoms with Gasteiger partial charge in [0.25, 0.3) is 5.91 Å². The minimum Gasteiger partial charge on any atom is -0.380 e. The molecule has 0 atom stereocenters. The Hall–Kier alpha value is -2.99. The average molecular weight is 499 g/mol. The third-order valence-electron chi connectivity index (χ3n) is 5.13. The maximum Gasteiger partial charge on any atom is 0.435 e. The highest BCUT2D eigenvalue weighted by molar-refractivity contribution is 7.18. The number of hydrogen-bond acceptors (Lipinski definition) is 6. The Morgan fingerprint density at radius 2 is 1.76 bits per heavy atom. The van der Waals surface area contributed by atoms with Crippen LogP contribution in [0.1, 0.15) is 46.8 Å². The molecule has 0 unspecified atom stereocenters. The summed E-state index contributed by atoms with van der Waals surface area (Å²) < 4.78 is 46.1. The number of carbonyl (C=O) groups is 3. The predicted molar refractivity (Wildman–Crippen MR) is 120 cm³/mol. The van der Waals surface area contributed by atoms with E-state index in [1.54, 1.807) is 19.1 Å². The van der Waals surface area contributed by atoms with E-state index in [1.807, 2.05) is 0 Å². The van der Waals surface area contributed by atoms with Crippen LogP contribution < -0.4 is 10.6 Å². The summed E-state index contributed by atoms with van der Waals surface area (Å²) >= 11 is 0.435. The van der Waals surface area contributed by atoms with E-state index in [1.165, 1.54) is 30.9 Å². The third-order valence-corrected chi connectivity index (χ3v) is 6.10. The molecule has 1 aliphatic rings. The van der Waals surface area contributed by atoms with Crippen molar-refractivity contribution in [3.05, 3.63) is 46.0 Å². The number of alkyl halides is 3. The van der Waals surface area contributed by atoms with Crippen molar-refractivity contribution in [1.29, 1.82) is 0 Å². The zero-order chi connectivity index (χ0) is 25.1. The molecule has 0 bridgehead atoms. The number of thiazole rings is 1. The van der Waals surface area contributed by atoms with Gasteiger partial charge in [0.05, 0.1) is 6.61 Å². The molecule has 2 heterocycles. The number of aryl methyl sites for hydroxylation is 1. The SMILES string of the molecule is Cc1ccc(C(=O)c2sc(NC(=O)C(C)(C)NC(=O)N3CCCOCC3)nc2C(F)(F)F)cc1. The summed E-state index contributed by atoms with van der Waals surface area (Å²) in [5, 5.41) is 4.51. The highest BCUT2D eigenvalue weighted by atomic mass is 32.1. The fourth-order valence-electron chi connectivity index (χ4n) is 3.16. The summed E-state index contributed by atoms with van der Waals surface area (Å²) in [5.41, 5.74) is -1.91.